The molecule has 0 heterocycles. The summed E-state index contributed by atoms with van der Waals surface area (Å²) in [5.41, 5.74) is 0. The lowest BCUT2D eigenvalue weighted by Crippen LogP contribution is -2.45. The second-order valence-corrected chi connectivity index (χ2v) is 24.9. The first-order valence-corrected chi connectivity index (χ1v) is 36.3. The number of carbonyl (C=O) groups excluding carboxylic acids is 2. The van der Waals surface area contributed by atoms with Crippen molar-refractivity contribution in [1.29, 1.82) is 0 Å². The average Bonchev–Trinajstić information content (AvgIpc) is 3.46. The number of nitrogens with one attached hydrogen (secondary N) is 1. The van der Waals surface area contributed by atoms with Gasteiger partial charge in [-0.3, -0.25) is 9.59 Å². The SMILES string of the molecule is CCCCCCC/C=C\CCCCCCCC(=O)OCCCCCCCCCCCCCC/C=C\CCCCCCCCCCCCCCCCC(=O)NC(CO)C(O)/C=C/CCCCCCCCCCCCCCCCCCC. The van der Waals surface area contributed by atoms with Gasteiger partial charge in [-0.15, -0.1) is 0 Å². The molecule has 0 saturated carbocycles. The Bertz CT molecular complexity index is 1300. The van der Waals surface area contributed by atoms with Crippen molar-refractivity contribution in [2.75, 3.05) is 13.2 Å². The maximum absolute atomic E-state index is 12.5. The summed E-state index contributed by atoms with van der Waals surface area (Å²) in [5.74, 6) is -0.0544. The summed E-state index contributed by atoms with van der Waals surface area (Å²) < 4.78 is 5.49. The Morgan fingerprint density at radius 2 is 0.588 bits per heavy atom. The molecule has 0 spiro atoms. The summed E-state index contributed by atoms with van der Waals surface area (Å²) in [7, 11) is 0. The zero-order valence-corrected chi connectivity index (χ0v) is 54.1. The lowest BCUT2D eigenvalue weighted by molar-refractivity contribution is -0.143. The first-order valence-electron chi connectivity index (χ1n) is 36.3. The molecule has 3 N–H and O–H groups in total. The molecular formula is C74H141NO5. The Morgan fingerprint density at radius 1 is 0.338 bits per heavy atom. The van der Waals surface area contributed by atoms with Gasteiger partial charge in [0.05, 0.1) is 25.4 Å². The number of aliphatic hydroxyl groups is 2. The minimum absolute atomic E-state index is 0.00866. The molecule has 1 amide bonds. The molecule has 0 aliphatic carbocycles. The predicted octanol–water partition coefficient (Wildman–Crippen LogP) is 23.5. The fraction of sp³-hybridized carbons (Fsp3) is 0.892. The molecule has 0 aromatic rings. The summed E-state index contributed by atoms with van der Waals surface area (Å²) in [4.78, 5) is 24.6. The van der Waals surface area contributed by atoms with Crippen molar-refractivity contribution in [3.05, 3.63) is 36.5 Å². The number of amides is 1. The van der Waals surface area contributed by atoms with Crippen molar-refractivity contribution in [3.8, 4) is 0 Å². The minimum atomic E-state index is -0.844. The highest BCUT2D eigenvalue weighted by Crippen LogP contribution is 2.18. The van der Waals surface area contributed by atoms with Gasteiger partial charge in [0.1, 0.15) is 0 Å². The third kappa shape index (κ3) is 65.2. The smallest absolute Gasteiger partial charge is 0.305 e. The van der Waals surface area contributed by atoms with Gasteiger partial charge in [0, 0.05) is 12.8 Å². The van der Waals surface area contributed by atoms with Crippen LogP contribution in [0.2, 0.25) is 0 Å². The van der Waals surface area contributed by atoms with E-state index in [1.54, 1.807) is 6.08 Å². The Balaban J connectivity index is 3.39. The highest BCUT2D eigenvalue weighted by atomic mass is 16.5. The normalized spacial score (nSPS) is 12.7. The van der Waals surface area contributed by atoms with Gasteiger partial charge in [0.2, 0.25) is 5.91 Å². The van der Waals surface area contributed by atoms with Gasteiger partial charge in [-0.05, 0) is 83.5 Å². The number of rotatable bonds is 68. The van der Waals surface area contributed by atoms with E-state index in [-0.39, 0.29) is 18.5 Å². The lowest BCUT2D eigenvalue weighted by atomic mass is 10.0. The summed E-state index contributed by atoms with van der Waals surface area (Å²) in [6.45, 7) is 4.93. The van der Waals surface area contributed by atoms with Crippen molar-refractivity contribution in [2.45, 2.75) is 411 Å². The van der Waals surface area contributed by atoms with Crippen LogP contribution in [0.4, 0.5) is 0 Å². The van der Waals surface area contributed by atoms with Gasteiger partial charge >= 0.3 is 5.97 Å². The van der Waals surface area contributed by atoms with E-state index in [1.165, 1.54) is 327 Å². The van der Waals surface area contributed by atoms with E-state index >= 15 is 0 Å². The van der Waals surface area contributed by atoms with Crippen LogP contribution in [-0.2, 0) is 14.3 Å². The Kier molecular flexibility index (Phi) is 67.9. The fourth-order valence-electron chi connectivity index (χ4n) is 11.3. The van der Waals surface area contributed by atoms with Gasteiger partial charge in [-0.1, -0.05) is 339 Å². The zero-order chi connectivity index (χ0) is 57.8. The van der Waals surface area contributed by atoms with E-state index in [2.05, 4.69) is 43.5 Å². The molecule has 2 atom stereocenters. The fourth-order valence-corrected chi connectivity index (χ4v) is 11.3. The van der Waals surface area contributed by atoms with Crippen LogP contribution in [0.1, 0.15) is 399 Å². The van der Waals surface area contributed by atoms with Gasteiger partial charge in [-0.25, -0.2) is 0 Å². The highest BCUT2D eigenvalue weighted by molar-refractivity contribution is 5.76. The van der Waals surface area contributed by atoms with Crippen LogP contribution < -0.4 is 5.32 Å². The van der Waals surface area contributed by atoms with Crippen molar-refractivity contribution in [3.63, 3.8) is 0 Å². The largest absolute Gasteiger partial charge is 0.466 e. The van der Waals surface area contributed by atoms with Crippen LogP contribution in [0.3, 0.4) is 0 Å². The van der Waals surface area contributed by atoms with E-state index in [4.69, 9.17) is 4.74 Å². The van der Waals surface area contributed by atoms with Gasteiger partial charge in [-0.2, -0.15) is 0 Å². The summed E-state index contributed by atoms with van der Waals surface area (Å²) in [6.07, 6.45) is 89.5. The molecule has 0 aliphatic rings. The molecule has 0 radical (unpaired) electrons. The van der Waals surface area contributed by atoms with Gasteiger partial charge in [0.25, 0.3) is 0 Å². The molecule has 0 rings (SSSR count). The van der Waals surface area contributed by atoms with Crippen LogP contribution >= 0.6 is 0 Å². The number of hydrogen-bond donors (Lipinski definition) is 3. The quantitative estimate of drug-likeness (QED) is 0.0320. The molecule has 0 fully saturated rings. The molecule has 0 saturated heterocycles. The second kappa shape index (κ2) is 69.6. The van der Waals surface area contributed by atoms with E-state index in [0.717, 1.165) is 44.9 Å². The molecule has 0 aromatic heterocycles. The first-order chi connectivity index (χ1) is 39.5. The number of allylic oxidation sites excluding steroid dienone is 5. The van der Waals surface area contributed by atoms with Crippen LogP contribution in [0.5, 0.6) is 0 Å². The minimum Gasteiger partial charge on any atom is -0.466 e. The zero-order valence-electron chi connectivity index (χ0n) is 54.1. The van der Waals surface area contributed by atoms with E-state index < -0.39 is 12.1 Å². The van der Waals surface area contributed by atoms with Crippen molar-refractivity contribution >= 4 is 11.9 Å². The molecule has 6 nitrogen and oxygen atoms in total. The van der Waals surface area contributed by atoms with Gasteiger partial charge in [0.15, 0.2) is 0 Å². The topological polar surface area (TPSA) is 95.9 Å². The second-order valence-electron chi connectivity index (χ2n) is 24.9. The predicted molar refractivity (Wildman–Crippen MR) is 352 cm³/mol. The number of unbranched alkanes of at least 4 members (excludes halogenated alkanes) is 53. The van der Waals surface area contributed by atoms with Crippen LogP contribution in [0.25, 0.3) is 0 Å². The molecule has 0 bridgehead atoms. The third-order valence-corrected chi connectivity index (χ3v) is 16.9. The Morgan fingerprint density at radius 3 is 0.887 bits per heavy atom. The number of esters is 1. The standard InChI is InChI=1S/C74H141NO5/c1-3-5-7-9-11-13-15-17-19-20-33-36-39-42-46-50-54-58-62-66-72(77)71(70-76)75-73(78)67-63-59-55-51-47-43-40-37-34-31-29-27-25-23-21-22-24-26-28-30-32-35-38-41-45-49-53-57-61-65-69-80-74(79)68-64-60-56-52-48-44-18-16-14-12-10-8-6-4-2/h16,18,22,24,62,66,71-72,76-77H,3-15,17,19-21,23,25-61,63-65,67-70H2,1-2H3,(H,75,78)/b18-16-,24-22-,66-62+. The Labute approximate surface area is 500 Å². The number of carbonyl (C=O) groups is 2. The molecule has 472 valence electrons. The molecular weight excluding hydrogens is 983 g/mol. The van der Waals surface area contributed by atoms with Crippen molar-refractivity contribution < 1.29 is 24.5 Å². The lowest BCUT2D eigenvalue weighted by Gasteiger charge is -2.20. The van der Waals surface area contributed by atoms with E-state index in [0.29, 0.717) is 19.4 Å². The van der Waals surface area contributed by atoms with Crippen LogP contribution in [0.15, 0.2) is 36.5 Å². The monoisotopic (exact) mass is 1120 g/mol. The molecule has 0 aliphatic heterocycles. The van der Waals surface area contributed by atoms with Gasteiger partial charge < -0.3 is 20.3 Å². The molecule has 6 heteroatoms. The molecule has 0 aromatic carbocycles. The Hall–Kier alpha value is -1.92. The highest BCUT2D eigenvalue weighted by Gasteiger charge is 2.18. The molecule has 80 heavy (non-hydrogen) atoms. The molecule has 2 unspecified atom stereocenters. The summed E-state index contributed by atoms with van der Waals surface area (Å²) >= 11 is 0. The summed E-state index contributed by atoms with van der Waals surface area (Å²) in [5, 5.41) is 23.2. The van der Waals surface area contributed by atoms with Crippen molar-refractivity contribution in [2.24, 2.45) is 0 Å². The number of aliphatic hydroxyl groups excluding tert-OH is 2. The number of hydrogen-bond acceptors (Lipinski definition) is 5. The van der Waals surface area contributed by atoms with Crippen LogP contribution in [-0.4, -0.2) is 47.4 Å². The number of ether oxygens (including phenoxy) is 1. The van der Waals surface area contributed by atoms with Crippen LogP contribution in [0, 0.1) is 0 Å². The summed E-state index contributed by atoms with van der Waals surface area (Å²) in [6, 6.07) is -0.628. The van der Waals surface area contributed by atoms with E-state index in [1.807, 2.05) is 6.08 Å². The van der Waals surface area contributed by atoms with Crippen molar-refractivity contribution in [1.82, 2.24) is 5.32 Å². The average molecular weight is 1120 g/mol. The third-order valence-electron chi connectivity index (χ3n) is 16.9. The first kappa shape index (κ1) is 78.1. The maximum Gasteiger partial charge on any atom is 0.305 e. The van der Waals surface area contributed by atoms with E-state index in [9.17, 15) is 19.8 Å². The maximum atomic E-state index is 12.5.